The normalized spacial score (nSPS) is 20.1. The van der Waals surface area contributed by atoms with Crippen LogP contribution in [0.25, 0.3) is 0 Å². The van der Waals surface area contributed by atoms with Crippen molar-refractivity contribution < 1.29 is 4.79 Å². The van der Waals surface area contributed by atoms with Gasteiger partial charge in [-0.1, -0.05) is 0 Å². The van der Waals surface area contributed by atoms with E-state index < -0.39 is 0 Å². The number of hydrogen-bond acceptors (Lipinski definition) is 1. The fourth-order valence-electron chi connectivity index (χ4n) is 1.42. The Balaban J connectivity index is 2.53. The molecule has 0 heterocycles. The largest absolute Gasteiger partial charge is 0.331 e. The van der Waals surface area contributed by atoms with E-state index in [1.807, 2.05) is 7.05 Å². The average molecular weight is 180 g/mol. The Morgan fingerprint density at radius 1 is 1.31 bits per heavy atom. The van der Waals surface area contributed by atoms with Gasteiger partial charge in [0, 0.05) is 40.0 Å². The number of carbonyl (C=O) groups excluding carboxylic acids is 1. The van der Waals surface area contributed by atoms with Gasteiger partial charge in [-0.25, -0.2) is 4.79 Å². The molecule has 0 radical (unpaired) electrons. The summed E-state index contributed by atoms with van der Waals surface area (Å²) in [5.74, 6) is 6.08. The highest BCUT2D eigenvalue weighted by Gasteiger charge is 2.20. The average Bonchev–Trinajstić information content (AvgIpc) is 2.17. The van der Waals surface area contributed by atoms with Crippen molar-refractivity contribution in [2.75, 3.05) is 21.1 Å². The molecule has 72 valence electrons. The molecule has 1 aliphatic rings. The van der Waals surface area contributed by atoms with E-state index in [1.165, 1.54) is 0 Å². The van der Waals surface area contributed by atoms with Gasteiger partial charge in [0.05, 0.1) is 0 Å². The topological polar surface area (TPSA) is 23.6 Å². The zero-order valence-corrected chi connectivity index (χ0v) is 8.50. The van der Waals surface area contributed by atoms with Gasteiger partial charge in [0.2, 0.25) is 0 Å². The molecular weight excluding hydrogens is 164 g/mol. The van der Waals surface area contributed by atoms with Crippen LogP contribution in [0.5, 0.6) is 0 Å². The van der Waals surface area contributed by atoms with Crippen molar-refractivity contribution >= 4 is 6.03 Å². The van der Waals surface area contributed by atoms with Crippen molar-refractivity contribution in [3.63, 3.8) is 0 Å². The fraction of sp³-hybridized carbons (Fsp3) is 0.700. The summed E-state index contributed by atoms with van der Waals surface area (Å²) < 4.78 is 0. The molecule has 0 spiro atoms. The second kappa shape index (κ2) is 4.18. The van der Waals surface area contributed by atoms with Gasteiger partial charge in [0.25, 0.3) is 0 Å². The molecule has 0 aromatic carbocycles. The van der Waals surface area contributed by atoms with Crippen LogP contribution in [0.3, 0.4) is 0 Å². The van der Waals surface area contributed by atoms with Crippen LogP contribution in [-0.2, 0) is 0 Å². The lowest BCUT2D eigenvalue weighted by atomic mass is 10.0. The van der Waals surface area contributed by atoms with Gasteiger partial charge < -0.3 is 9.80 Å². The van der Waals surface area contributed by atoms with Crippen LogP contribution in [-0.4, -0.2) is 43.0 Å². The van der Waals surface area contributed by atoms with E-state index >= 15 is 0 Å². The van der Waals surface area contributed by atoms with Gasteiger partial charge >= 0.3 is 6.03 Å². The minimum absolute atomic E-state index is 0.0636. The molecule has 1 aliphatic carbocycles. The third-order valence-electron chi connectivity index (χ3n) is 2.30. The van der Waals surface area contributed by atoms with E-state index in [4.69, 9.17) is 0 Å². The summed E-state index contributed by atoms with van der Waals surface area (Å²) in [6.07, 6.45) is 2.73. The molecule has 13 heavy (non-hydrogen) atoms. The van der Waals surface area contributed by atoms with Crippen LogP contribution < -0.4 is 0 Å². The molecule has 3 heteroatoms. The molecule has 0 aromatic heterocycles. The smallest absolute Gasteiger partial charge is 0.319 e. The summed E-state index contributed by atoms with van der Waals surface area (Å²) in [5.41, 5.74) is 0. The van der Waals surface area contributed by atoms with Gasteiger partial charge in [0.1, 0.15) is 0 Å². The third kappa shape index (κ3) is 2.38. The molecule has 3 nitrogen and oxygen atoms in total. The fourth-order valence-corrected chi connectivity index (χ4v) is 1.42. The van der Waals surface area contributed by atoms with Gasteiger partial charge in [0.15, 0.2) is 0 Å². The monoisotopic (exact) mass is 180 g/mol. The number of carbonyl (C=O) groups is 1. The van der Waals surface area contributed by atoms with Crippen LogP contribution >= 0.6 is 0 Å². The summed E-state index contributed by atoms with van der Waals surface area (Å²) in [5, 5.41) is 0. The van der Waals surface area contributed by atoms with E-state index in [2.05, 4.69) is 11.8 Å². The van der Waals surface area contributed by atoms with Crippen LogP contribution in [0.4, 0.5) is 4.79 Å². The molecule has 0 saturated heterocycles. The van der Waals surface area contributed by atoms with Crippen LogP contribution in [0.2, 0.25) is 0 Å². The van der Waals surface area contributed by atoms with Gasteiger partial charge in [-0.3, -0.25) is 0 Å². The summed E-state index contributed by atoms with van der Waals surface area (Å²) in [6.45, 7) is 0. The SMILES string of the molecule is CN(C)C(=O)N(C)C1CC#CCC1. The first kappa shape index (κ1) is 9.91. The highest BCUT2D eigenvalue weighted by Crippen LogP contribution is 2.13. The molecule has 1 atom stereocenters. The van der Waals surface area contributed by atoms with Crippen molar-refractivity contribution in [2.24, 2.45) is 0 Å². The Hall–Kier alpha value is -1.17. The minimum Gasteiger partial charge on any atom is -0.331 e. The Bertz CT molecular complexity index is 249. The maximum Gasteiger partial charge on any atom is 0.319 e. The predicted molar refractivity (Wildman–Crippen MR) is 52.3 cm³/mol. The summed E-state index contributed by atoms with van der Waals surface area (Å²) >= 11 is 0. The number of hydrogen-bond donors (Lipinski definition) is 0. The van der Waals surface area contributed by atoms with Gasteiger partial charge in [-0.2, -0.15) is 0 Å². The molecule has 0 aliphatic heterocycles. The number of urea groups is 1. The summed E-state index contributed by atoms with van der Waals surface area (Å²) in [4.78, 5) is 14.9. The van der Waals surface area contributed by atoms with Crippen LogP contribution in [0, 0.1) is 11.8 Å². The minimum atomic E-state index is 0.0636. The van der Waals surface area contributed by atoms with Crippen molar-refractivity contribution in [2.45, 2.75) is 25.3 Å². The zero-order valence-electron chi connectivity index (χ0n) is 8.50. The number of nitrogens with zero attached hydrogens (tertiary/aromatic N) is 2. The third-order valence-corrected chi connectivity index (χ3v) is 2.30. The Morgan fingerprint density at radius 3 is 2.46 bits per heavy atom. The second-order valence-corrected chi connectivity index (χ2v) is 3.54. The molecule has 2 amide bonds. The van der Waals surface area contributed by atoms with Crippen molar-refractivity contribution in [1.82, 2.24) is 9.80 Å². The van der Waals surface area contributed by atoms with E-state index in [1.54, 1.807) is 23.9 Å². The molecule has 0 N–H and O–H groups in total. The highest BCUT2D eigenvalue weighted by atomic mass is 16.2. The van der Waals surface area contributed by atoms with Crippen molar-refractivity contribution in [3.05, 3.63) is 0 Å². The Labute approximate surface area is 79.7 Å². The van der Waals surface area contributed by atoms with E-state index in [0.717, 1.165) is 19.3 Å². The summed E-state index contributed by atoms with van der Waals surface area (Å²) in [6, 6.07) is 0.366. The number of amides is 2. The lowest BCUT2D eigenvalue weighted by Crippen LogP contribution is -2.43. The van der Waals surface area contributed by atoms with Gasteiger partial charge in [-0.05, 0) is 6.42 Å². The Morgan fingerprint density at radius 2 is 2.00 bits per heavy atom. The molecular formula is C10H16N2O. The maximum atomic E-state index is 11.5. The molecule has 0 aromatic rings. The first-order chi connectivity index (χ1) is 6.13. The van der Waals surface area contributed by atoms with Gasteiger partial charge in [-0.15, -0.1) is 11.8 Å². The van der Waals surface area contributed by atoms with E-state index in [9.17, 15) is 4.79 Å². The van der Waals surface area contributed by atoms with Crippen molar-refractivity contribution in [3.8, 4) is 11.8 Å². The van der Waals surface area contributed by atoms with Crippen molar-refractivity contribution in [1.29, 1.82) is 0 Å². The van der Waals surface area contributed by atoms with Crippen LogP contribution in [0.1, 0.15) is 19.3 Å². The predicted octanol–water partition coefficient (Wildman–Crippen LogP) is 1.16. The lowest BCUT2D eigenvalue weighted by molar-refractivity contribution is 0.161. The molecule has 1 unspecified atom stereocenters. The Kier molecular flexibility index (Phi) is 3.18. The lowest BCUT2D eigenvalue weighted by Gasteiger charge is -2.30. The standard InChI is InChI=1S/C10H16N2O/c1-11(2)10(13)12(3)9-7-5-4-6-8-9/h9H,5,7-8H2,1-3H3. The first-order valence-corrected chi connectivity index (χ1v) is 4.52. The molecule has 1 rings (SSSR count). The maximum absolute atomic E-state index is 11.5. The summed E-state index contributed by atoms with van der Waals surface area (Å²) in [7, 11) is 5.39. The molecule has 0 saturated carbocycles. The second-order valence-electron chi connectivity index (χ2n) is 3.54. The quantitative estimate of drug-likeness (QED) is 0.555. The van der Waals surface area contributed by atoms with E-state index in [-0.39, 0.29) is 6.03 Å². The molecule has 0 fully saturated rings. The highest BCUT2D eigenvalue weighted by molar-refractivity contribution is 5.73. The van der Waals surface area contributed by atoms with E-state index in [0.29, 0.717) is 6.04 Å². The first-order valence-electron chi connectivity index (χ1n) is 4.52. The zero-order chi connectivity index (χ0) is 9.84. The molecule has 0 bridgehead atoms. The number of rotatable bonds is 1. The van der Waals surface area contributed by atoms with Crippen LogP contribution in [0.15, 0.2) is 0 Å².